The average Bonchev–Trinajstić information content (AvgIpc) is 2.65. The number of hydrogen-bond donors (Lipinski definition) is 2. The van der Waals surface area contributed by atoms with Gasteiger partial charge in [0.25, 0.3) is 0 Å². The van der Waals surface area contributed by atoms with Crippen molar-refractivity contribution in [1.82, 2.24) is 5.32 Å². The summed E-state index contributed by atoms with van der Waals surface area (Å²) >= 11 is 1.84. The number of aryl methyl sites for hydroxylation is 1. The van der Waals surface area contributed by atoms with Crippen molar-refractivity contribution in [2.24, 2.45) is 5.73 Å². The number of amides is 1. The lowest BCUT2D eigenvalue weighted by Gasteiger charge is -2.01. The minimum atomic E-state index is -0.221. The van der Waals surface area contributed by atoms with E-state index >= 15 is 0 Å². The monoisotopic (exact) mass is 226 g/mol. The molecule has 0 saturated heterocycles. The molecule has 3 nitrogen and oxygen atoms in total. The molecule has 0 aliphatic heterocycles. The van der Waals surface area contributed by atoms with E-state index in [2.05, 4.69) is 24.4 Å². The van der Waals surface area contributed by atoms with E-state index in [4.69, 9.17) is 5.73 Å². The van der Waals surface area contributed by atoms with E-state index in [9.17, 15) is 4.79 Å². The summed E-state index contributed by atoms with van der Waals surface area (Å²) in [5.41, 5.74) is 5.04. The summed E-state index contributed by atoms with van der Waals surface area (Å²) in [7, 11) is 0. The van der Waals surface area contributed by atoms with Gasteiger partial charge in [0.15, 0.2) is 0 Å². The van der Waals surface area contributed by atoms with Crippen LogP contribution in [-0.2, 0) is 17.8 Å². The van der Waals surface area contributed by atoms with Crippen LogP contribution in [0, 0.1) is 0 Å². The third kappa shape index (κ3) is 4.95. The maximum absolute atomic E-state index is 10.5. The Morgan fingerprint density at radius 1 is 1.47 bits per heavy atom. The van der Waals surface area contributed by atoms with Crippen molar-refractivity contribution in [2.75, 3.05) is 6.54 Å². The van der Waals surface area contributed by atoms with Crippen molar-refractivity contribution in [1.29, 1.82) is 0 Å². The van der Waals surface area contributed by atoms with Crippen LogP contribution in [0.15, 0.2) is 12.1 Å². The van der Waals surface area contributed by atoms with Crippen molar-refractivity contribution >= 4 is 17.2 Å². The summed E-state index contributed by atoms with van der Waals surface area (Å²) in [6.07, 6.45) is 2.39. The molecular formula is C11H18N2OS. The normalized spacial score (nSPS) is 10.5. The third-order valence-electron chi connectivity index (χ3n) is 2.14. The molecule has 0 unspecified atom stereocenters. The van der Waals surface area contributed by atoms with E-state index in [0.29, 0.717) is 6.42 Å². The standard InChI is InChI=1S/C11H18N2OS/c1-2-9-5-6-10(15-9)8-13-7-3-4-11(12)14/h5-6,13H,2-4,7-8H2,1H3,(H2,12,14). The molecule has 0 fully saturated rings. The van der Waals surface area contributed by atoms with Crippen molar-refractivity contribution in [3.05, 3.63) is 21.9 Å². The van der Waals surface area contributed by atoms with Crippen LogP contribution in [0.3, 0.4) is 0 Å². The van der Waals surface area contributed by atoms with Crippen molar-refractivity contribution < 1.29 is 4.79 Å². The summed E-state index contributed by atoms with van der Waals surface area (Å²) in [5, 5.41) is 3.30. The second kappa shape index (κ2) is 6.58. The number of carbonyl (C=O) groups is 1. The van der Waals surface area contributed by atoms with Crippen molar-refractivity contribution in [3.63, 3.8) is 0 Å². The van der Waals surface area contributed by atoms with Crippen LogP contribution in [0.5, 0.6) is 0 Å². The highest BCUT2D eigenvalue weighted by atomic mass is 32.1. The molecule has 1 heterocycles. The molecule has 1 aromatic rings. The predicted octanol–water partition coefficient (Wildman–Crippen LogP) is 1.67. The number of carbonyl (C=O) groups excluding carboxylic acids is 1. The van der Waals surface area contributed by atoms with Crippen LogP contribution in [-0.4, -0.2) is 12.5 Å². The van der Waals surface area contributed by atoms with Gasteiger partial charge in [0.05, 0.1) is 0 Å². The lowest BCUT2D eigenvalue weighted by atomic mass is 10.3. The van der Waals surface area contributed by atoms with Crippen LogP contribution in [0.25, 0.3) is 0 Å². The van der Waals surface area contributed by atoms with E-state index in [1.165, 1.54) is 9.75 Å². The number of hydrogen-bond acceptors (Lipinski definition) is 3. The molecule has 1 aromatic heterocycles. The van der Waals surface area contributed by atoms with Gasteiger partial charge in [-0.3, -0.25) is 4.79 Å². The second-order valence-corrected chi connectivity index (χ2v) is 4.72. The topological polar surface area (TPSA) is 55.1 Å². The molecule has 0 radical (unpaired) electrons. The maximum Gasteiger partial charge on any atom is 0.217 e. The number of rotatable bonds is 7. The largest absolute Gasteiger partial charge is 0.370 e. The van der Waals surface area contributed by atoms with E-state index in [1.807, 2.05) is 11.3 Å². The molecule has 0 aromatic carbocycles. The van der Waals surface area contributed by atoms with Crippen molar-refractivity contribution in [3.8, 4) is 0 Å². The van der Waals surface area contributed by atoms with Gasteiger partial charge in [-0.2, -0.15) is 0 Å². The van der Waals surface area contributed by atoms with Crippen LogP contribution >= 0.6 is 11.3 Å². The summed E-state index contributed by atoms with van der Waals surface area (Å²) in [6.45, 7) is 3.90. The Bertz CT molecular complexity index is 309. The Kier molecular flexibility index (Phi) is 5.36. The molecular weight excluding hydrogens is 208 g/mol. The van der Waals surface area contributed by atoms with E-state index < -0.39 is 0 Å². The highest BCUT2D eigenvalue weighted by Gasteiger charge is 1.98. The smallest absolute Gasteiger partial charge is 0.217 e. The zero-order valence-corrected chi connectivity index (χ0v) is 9.90. The fourth-order valence-electron chi connectivity index (χ4n) is 1.31. The Morgan fingerprint density at radius 3 is 2.80 bits per heavy atom. The van der Waals surface area contributed by atoms with Gasteiger partial charge < -0.3 is 11.1 Å². The third-order valence-corrected chi connectivity index (χ3v) is 3.37. The number of nitrogens with two attached hydrogens (primary N) is 1. The fourth-order valence-corrected chi connectivity index (χ4v) is 2.23. The average molecular weight is 226 g/mol. The zero-order chi connectivity index (χ0) is 11.1. The molecule has 0 bridgehead atoms. The number of nitrogens with one attached hydrogen (secondary N) is 1. The number of thiophene rings is 1. The fraction of sp³-hybridized carbons (Fsp3) is 0.545. The first-order valence-corrected chi connectivity index (χ1v) is 6.10. The molecule has 1 amide bonds. The molecule has 0 spiro atoms. The minimum absolute atomic E-state index is 0.221. The number of primary amides is 1. The quantitative estimate of drug-likeness (QED) is 0.695. The molecule has 0 atom stereocenters. The Balaban J connectivity index is 2.12. The summed E-state index contributed by atoms with van der Waals surface area (Å²) in [5.74, 6) is -0.221. The zero-order valence-electron chi connectivity index (χ0n) is 9.08. The summed E-state index contributed by atoms with van der Waals surface area (Å²) < 4.78 is 0. The van der Waals surface area contributed by atoms with Gasteiger partial charge in [-0.05, 0) is 31.5 Å². The van der Waals surface area contributed by atoms with E-state index in [-0.39, 0.29) is 5.91 Å². The summed E-state index contributed by atoms with van der Waals surface area (Å²) in [6, 6.07) is 4.33. The molecule has 0 aliphatic rings. The Hall–Kier alpha value is -0.870. The Labute approximate surface area is 94.7 Å². The van der Waals surface area contributed by atoms with Gasteiger partial charge in [-0.15, -0.1) is 11.3 Å². The first kappa shape index (κ1) is 12.2. The molecule has 0 saturated carbocycles. The molecule has 84 valence electrons. The van der Waals surface area contributed by atoms with Gasteiger partial charge in [0.2, 0.25) is 5.91 Å². The van der Waals surface area contributed by atoms with Gasteiger partial charge in [0.1, 0.15) is 0 Å². The van der Waals surface area contributed by atoms with Crippen LogP contribution < -0.4 is 11.1 Å². The lowest BCUT2D eigenvalue weighted by molar-refractivity contribution is -0.118. The lowest BCUT2D eigenvalue weighted by Crippen LogP contribution is -2.17. The first-order chi connectivity index (χ1) is 7.22. The van der Waals surface area contributed by atoms with E-state index in [0.717, 1.165) is 25.9 Å². The van der Waals surface area contributed by atoms with Crippen LogP contribution in [0.2, 0.25) is 0 Å². The Morgan fingerprint density at radius 2 is 2.20 bits per heavy atom. The molecule has 0 aliphatic carbocycles. The van der Waals surface area contributed by atoms with Gasteiger partial charge in [-0.1, -0.05) is 6.92 Å². The molecule has 1 rings (SSSR count). The first-order valence-electron chi connectivity index (χ1n) is 5.29. The van der Waals surface area contributed by atoms with Crippen LogP contribution in [0.4, 0.5) is 0 Å². The minimum Gasteiger partial charge on any atom is -0.370 e. The highest BCUT2D eigenvalue weighted by molar-refractivity contribution is 7.11. The predicted molar refractivity (Wildman–Crippen MR) is 63.8 cm³/mol. The van der Waals surface area contributed by atoms with Crippen LogP contribution in [0.1, 0.15) is 29.5 Å². The molecule has 15 heavy (non-hydrogen) atoms. The molecule has 4 heteroatoms. The maximum atomic E-state index is 10.5. The van der Waals surface area contributed by atoms with Gasteiger partial charge in [-0.25, -0.2) is 0 Å². The van der Waals surface area contributed by atoms with Gasteiger partial charge >= 0.3 is 0 Å². The van der Waals surface area contributed by atoms with Crippen molar-refractivity contribution in [2.45, 2.75) is 32.7 Å². The SMILES string of the molecule is CCc1ccc(CNCCCC(N)=O)s1. The van der Waals surface area contributed by atoms with Gasteiger partial charge in [0, 0.05) is 22.7 Å². The summed E-state index contributed by atoms with van der Waals surface area (Å²) in [4.78, 5) is 13.2. The molecule has 3 N–H and O–H groups in total. The second-order valence-electron chi connectivity index (χ2n) is 3.47. The van der Waals surface area contributed by atoms with E-state index in [1.54, 1.807) is 0 Å². The highest BCUT2D eigenvalue weighted by Crippen LogP contribution is 2.16.